The Kier molecular flexibility index (Phi) is 6.62. The number of rotatable bonds is 4. The molecule has 0 saturated carbocycles. The van der Waals surface area contributed by atoms with Crippen molar-refractivity contribution in [2.45, 2.75) is 39.7 Å². The fourth-order valence-corrected chi connectivity index (χ4v) is 1.49. The second-order valence-corrected chi connectivity index (χ2v) is 4.49. The van der Waals surface area contributed by atoms with E-state index < -0.39 is 0 Å². The fraction of sp³-hybridized carbons (Fsp3) is 0.538. The van der Waals surface area contributed by atoms with E-state index in [4.69, 9.17) is 5.73 Å². The Hall–Kier alpha value is -0.530. The van der Waals surface area contributed by atoms with Gasteiger partial charge in [-0.05, 0) is 31.2 Å². The second-order valence-electron chi connectivity index (χ2n) is 4.49. The summed E-state index contributed by atoms with van der Waals surface area (Å²) in [5, 5.41) is 0. The third kappa shape index (κ3) is 5.19. The van der Waals surface area contributed by atoms with Gasteiger partial charge in [0.25, 0.3) is 0 Å². The van der Waals surface area contributed by atoms with Crippen molar-refractivity contribution < 1.29 is 0 Å². The van der Waals surface area contributed by atoms with Gasteiger partial charge in [0.15, 0.2) is 0 Å². The molecule has 0 aromatic heterocycles. The first-order valence-corrected chi connectivity index (χ1v) is 5.41. The van der Waals surface area contributed by atoms with E-state index in [1.54, 1.807) is 0 Å². The van der Waals surface area contributed by atoms with Gasteiger partial charge in [0.05, 0.1) is 0 Å². The standard InChI is InChI=1S/C13H21N.ClH/c1-10(2)4-9-13(14)12-7-5-11(3)6-8-12;/h5-8,10,13H,4,9,14H2,1-3H3;1H/t13-;/m0./s1. The zero-order chi connectivity index (χ0) is 10.6. The number of benzene rings is 1. The molecule has 0 spiro atoms. The molecule has 1 rings (SSSR count). The quantitative estimate of drug-likeness (QED) is 0.831. The number of hydrogen-bond donors (Lipinski definition) is 1. The molecule has 0 aliphatic rings. The van der Waals surface area contributed by atoms with Gasteiger partial charge in [-0.2, -0.15) is 0 Å². The molecule has 0 bridgehead atoms. The zero-order valence-electron chi connectivity index (χ0n) is 9.86. The molecule has 86 valence electrons. The first-order chi connectivity index (χ1) is 6.59. The lowest BCUT2D eigenvalue weighted by Crippen LogP contribution is -2.11. The summed E-state index contributed by atoms with van der Waals surface area (Å²) in [6.07, 6.45) is 2.29. The van der Waals surface area contributed by atoms with Crippen molar-refractivity contribution in [2.24, 2.45) is 11.7 Å². The summed E-state index contributed by atoms with van der Waals surface area (Å²) in [6.45, 7) is 6.58. The molecular formula is C13H22ClN. The molecule has 0 fully saturated rings. The molecule has 1 aromatic carbocycles. The molecule has 1 nitrogen and oxygen atoms in total. The predicted molar refractivity (Wildman–Crippen MR) is 69.4 cm³/mol. The maximum absolute atomic E-state index is 6.09. The Morgan fingerprint density at radius 2 is 1.60 bits per heavy atom. The van der Waals surface area contributed by atoms with E-state index in [9.17, 15) is 0 Å². The Morgan fingerprint density at radius 3 is 2.07 bits per heavy atom. The molecule has 2 N–H and O–H groups in total. The summed E-state index contributed by atoms with van der Waals surface area (Å²) in [5.41, 5.74) is 8.65. The van der Waals surface area contributed by atoms with E-state index in [0.717, 1.165) is 12.3 Å². The molecule has 0 aliphatic heterocycles. The van der Waals surface area contributed by atoms with Gasteiger partial charge in [-0.15, -0.1) is 12.4 Å². The van der Waals surface area contributed by atoms with E-state index in [0.29, 0.717) is 0 Å². The first-order valence-electron chi connectivity index (χ1n) is 5.41. The summed E-state index contributed by atoms with van der Waals surface area (Å²) in [6, 6.07) is 8.74. The Balaban J connectivity index is 0.00000196. The third-order valence-electron chi connectivity index (χ3n) is 2.56. The Morgan fingerprint density at radius 1 is 1.07 bits per heavy atom. The molecule has 1 atom stereocenters. The highest BCUT2D eigenvalue weighted by molar-refractivity contribution is 5.85. The van der Waals surface area contributed by atoms with Gasteiger partial charge in [0, 0.05) is 6.04 Å². The molecular weight excluding hydrogens is 206 g/mol. The SMILES string of the molecule is Cc1ccc([C@@H](N)CCC(C)C)cc1.Cl. The average molecular weight is 228 g/mol. The van der Waals surface area contributed by atoms with E-state index in [1.807, 2.05) is 0 Å². The largest absolute Gasteiger partial charge is 0.324 e. The molecule has 0 unspecified atom stereocenters. The lowest BCUT2D eigenvalue weighted by atomic mass is 9.98. The van der Waals surface area contributed by atoms with Crippen LogP contribution in [0.5, 0.6) is 0 Å². The lowest BCUT2D eigenvalue weighted by Gasteiger charge is -2.13. The normalized spacial score (nSPS) is 12.3. The molecule has 0 amide bonds. The van der Waals surface area contributed by atoms with Gasteiger partial charge >= 0.3 is 0 Å². The van der Waals surface area contributed by atoms with E-state index in [1.165, 1.54) is 17.5 Å². The van der Waals surface area contributed by atoms with Gasteiger partial charge in [-0.1, -0.05) is 43.7 Å². The van der Waals surface area contributed by atoms with E-state index >= 15 is 0 Å². The third-order valence-corrected chi connectivity index (χ3v) is 2.56. The number of aryl methyl sites for hydroxylation is 1. The van der Waals surface area contributed by atoms with Gasteiger partial charge in [0.2, 0.25) is 0 Å². The van der Waals surface area contributed by atoms with Gasteiger partial charge in [-0.3, -0.25) is 0 Å². The van der Waals surface area contributed by atoms with Gasteiger partial charge in [0.1, 0.15) is 0 Å². The van der Waals surface area contributed by atoms with Crippen molar-refractivity contribution in [1.82, 2.24) is 0 Å². The first kappa shape index (κ1) is 14.5. The minimum Gasteiger partial charge on any atom is -0.324 e. The van der Waals surface area contributed by atoms with Crippen LogP contribution in [0.3, 0.4) is 0 Å². The molecule has 15 heavy (non-hydrogen) atoms. The summed E-state index contributed by atoms with van der Waals surface area (Å²) in [4.78, 5) is 0. The summed E-state index contributed by atoms with van der Waals surface area (Å²) < 4.78 is 0. The highest BCUT2D eigenvalue weighted by atomic mass is 35.5. The smallest absolute Gasteiger partial charge is 0.0294 e. The molecule has 0 heterocycles. The molecule has 1 aromatic rings. The van der Waals surface area contributed by atoms with Crippen molar-refractivity contribution >= 4 is 12.4 Å². The van der Waals surface area contributed by atoms with Crippen LogP contribution >= 0.6 is 12.4 Å². The molecule has 0 saturated heterocycles. The minimum absolute atomic E-state index is 0. The molecule has 2 heteroatoms. The zero-order valence-corrected chi connectivity index (χ0v) is 10.7. The van der Waals surface area contributed by atoms with Crippen molar-refractivity contribution in [1.29, 1.82) is 0 Å². The maximum Gasteiger partial charge on any atom is 0.0294 e. The van der Waals surface area contributed by atoms with Crippen molar-refractivity contribution in [3.8, 4) is 0 Å². The Bertz CT molecular complexity index is 266. The highest BCUT2D eigenvalue weighted by Crippen LogP contribution is 2.18. The van der Waals surface area contributed by atoms with Crippen LogP contribution < -0.4 is 5.73 Å². The van der Waals surface area contributed by atoms with Gasteiger partial charge in [-0.25, -0.2) is 0 Å². The van der Waals surface area contributed by atoms with Crippen molar-refractivity contribution in [2.75, 3.05) is 0 Å². The van der Waals surface area contributed by atoms with Crippen molar-refractivity contribution in [3.05, 3.63) is 35.4 Å². The van der Waals surface area contributed by atoms with Crippen LogP contribution in [0.2, 0.25) is 0 Å². The van der Waals surface area contributed by atoms with Crippen LogP contribution in [0.1, 0.15) is 43.9 Å². The predicted octanol–water partition coefficient (Wildman–Crippen LogP) is 3.85. The summed E-state index contributed by atoms with van der Waals surface area (Å²) in [5.74, 6) is 0.742. The summed E-state index contributed by atoms with van der Waals surface area (Å²) in [7, 11) is 0. The number of nitrogens with two attached hydrogens (primary N) is 1. The van der Waals surface area contributed by atoms with Crippen LogP contribution in [0.25, 0.3) is 0 Å². The van der Waals surface area contributed by atoms with Crippen LogP contribution in [0.4, 0.5) is 0 Å². The fourth-order valence-electron chi connectivity index (χ4n) is 1.49. The minimum atomic E-state index is 0. The van der Waals surface area contributed by atoms with Crippen LogP contribution in [-0.2, 0) is 0 Å². The van der Waals surface area contributed by atoms with Crippen molar-refractivity contribution in [3.63, 3.8) is 0 Å². The maximum atomic E-state index is 6.09. The van der Waals surface area contributed by atoms with Gasteiger partial charge < -0.3 is 5.73 Å². The average Bonchev–Trinajstić information content (AvgIpc) is 2.15. The monoisotopic (exact) mass is 227 g/mol. The lowest BCUT2D eigenvalue weighted by molar-refractivity contribution is 0.507. The second kappa shape index (κ2) is 6.86. The topological polar surface area (TPSA) is 26.0 Å². The number of hydrogen-bond acceptors (Lipinski definition) is 1. The molecule has 0 radical (unpaired) electrons. The van der Waals surface area contributed by atoms with E-state index in [-0.39, 0.29) is 18.4 Å². The Labute approximate surface area is 99.5 Å². The van der Waals surface area contributed by atoms with E-state index in [2.05, 4.69) is 45.0 Å². The summed E-state index contributed by atoms with van der Waals surface area (Å²) >= 11 is 0. The van der Waals surface area contributed by atoms with Crippen LogP contribution in [0.15, 0.2) is 24.3 Å². The van der Waals surface area contributed by atoms with Crippen LogP contribution in [-0.4, -0.2) is 0 Å². The highest BCUT2D eigenvalue weighted by Gasteiger charge is 2.06. The number of halogens is 1. The van der Waals surface area contributed by atoms with Crippen LogP contribution in [0, 0.1) is 12.8 Å². The molecule has 0 aliphatic carbocycles.